The summed E-state index contributed by atoms with van der Waals surface area (Å²) in [6, 6.07) is 19.9. The van der Waals surface area contributed by atoms with Crippen LogP contribution >= 0.6 is 0 Å². The third-order valence-corrected chi connectivity index (χ3v) is 4.04. The number of carboxylic acids is 1. The van der Waals surface area contributed by atoms with E-state index in [9.17, 15) is 13.2 Å². The highest BCUT2D eigenvalue weighted by Crippen LogP contribution is 2.30. The molecule has 0 unspecified atom stereocenters. The summed E-state index contributed by atoms with van der Waals surface area (Å²) in [7, 11) is 1.66. The quantitative estimate of drug-likeness (QED) is 0.319. The van der Waals surface area contributed by atoms with Gasteiger partial charge in [-0.15, -0.1) is 0 Å². The number of nitrogen functional groups attached to an aromatic ring is 1. The number of alkyl halides is 3. The molecule has 0 aliphatic carbocycles. The summed E-state index contributed by atoms with van der Waals surface area (Å²) < 4.78 is 37.2. The molecule has 0 saturated heterocycles. The van der Waals surface area contributed by atoms with Crippen LogP contribution in [0.25, 0.3) is 22.9 Å². The summed E-state index contributed by atoms with van der Waals surface area (Å²) >= 11 is 0. The van der Waals surface area contributed by atoms with E-state index in [1.165, 1.54) is 0 Å². The van der Waals surface area contributed by atoms with Crippen LogP contribution in [0.15, 0.2) is 60.7 Å². The van der Waals surface area contributed by atoms with E-state index in [0.29, 0.717) is 5.56 Å². The van der Waals surface area contributed by atoms with Crippen LogP contribution in [0.3, 0.4) is 0 Å². The van der Waals surface area contributed by atoms with Gasteiger partial charge in [-0.2, -0.15) is 13.2 Å². The van der Waals surface area contributed by atoms with Crippen LogP contribution in [0.2, 0.25) is 0 Å². The lowest BCUT2D eigenvalue weighted by Crippen LogP contribution is -2.21. The molecule has 3 rings (SSSR count). The van der Waals surface area contributed by atoms with Crippen molar-refractivity contribution in [3.63, 3.8) is 0 Å². The summed E-state index contributed by atoms with van der Waals surface area (Å²) in [5.41, 5.74) is 8.44. The molecule has 4 N–H and O–H groups in total. The minimum absolute atomic E-state index is 0.0627. The Morgan fingerprint density at radius 3 is 2.20 bits per heavy atom. The van der Waals surface area contributed by atoms with E-state index in [4.69, 9.17) is 25.8 Å². The van der Waals surface area contributed by atoms with E-state index in [-0.39, 0.29) is 5.84 Å². The van der Waals surface area contributed by atoms with Crippen LogP contribution in [-0.4, -0.2) is 30.2 Å². The number of rotatable bonds is 4. The van der Waals surface area contributed by atoms with Gasteiger partial charge in [0.05, 0.1) is 7.11 Å². The zero-order chi connectivity index (χ0) is 22.3. The smallest absolute Gasteiger partial charge is 0.490 e. The molecular weight excluding hydrogens is 397 g/mol. The lowest BCUT2D eigenvalue weighted by atomic mass is 9.99. The molecule has 8 heteroatoms. The molecule has 3 aromatic rings. The Morgan fingerprint density at radius 1 is 1.07 bits per heavy atom. The Kier molecular flexibility index (Phi) is 7.19. The molecule has 0 bridgehead atoms. The maximum atomic E-state index is 10.6. The molecule has 0 atom stereocenters. The molecule has 3 aromatic carbocycles. The fourth-order valence-corrected chi connectivity index (χ4v) is 2.58. The van der Waals surface area contributed by atoms with Gasteiger partial charge in [-0.1, -0.05) is 60.7 Å². The number of carboxylic acid groups (broad SMARTS) is 1. The first-order valence-electron chi connectivity index (χ1n) is 8.62. The van der Waals surface area contributed by atoms with E-state index in [0.717, 1.165) is 27.6 Å². The number of carbonyl (C=O) groups is 1. The normalized spacial score (nSPS) is 11.1. The van der Waals surface area contributed by atoms with Crippen molar-refractivity contribution in [2.45, 2.75) is 6.18 Å². The number of aliphatic carboxylic acids is 1. The first-order chi connectivity index (χ1) is 14.1. The lowest BCUT2D eigenvalue weighted by molar-refractivity contribution is -0.192. The van der Waals surface area contributed by atoms with Gasteiger partial charge in [-0.25, -0.2) is 4.79 Å². The van der Waals surface area contributed by atoms with Gasteiger partial charge in [0, 0.05) is 11.1 Å². The van der Waals surface area contributed by atoms with Gasteiger partial charge >= 0.3 is 12.1 Å². The van der Waals surface area contributed by atoms with Crippen LogP contribution in [0.4, 0.5) is 13.2 Å². The highest BCUT2D eigenvalue weighted by Gasteiger charge is 2.38. The average Bonchev–Trinajstić information content (AvgIpc) is 2.71. The van der Waals surface area contributed by atoms with Gasteiger partial charge in [-0.05, 0) is 28.5 Å². The third kappa shape index (κ3) is 5.84. The first kappa shape index (κ1) is 22.5. The summed E-state index contributed by atoms with van der Waals surface area (Å²) in [6.45, 7) is 0. The molecule has 0 heterocycles. The van der Waals surface area contributed by atoms with Crippen molar-refractivity contribution in [3.8, 4) is 5.75 Å². The molecule has 0 saturated carbocycles. The summed E-state index contributed by atoms with van der Waals surface area (Å²) in [5, 5.41) is 16.9. The highest BCUT2D eigenvalue weighted by molar-refractivity contribution is 6.02. The number of nitrogens with two attached hydrogens (primary N) is 1. The van der Waals surface area contributed by atoms with Crippen molar-refractivity contribution < 1.29 is 27.8 Å². The second kappa shape index (κ2) is 9.60. The maximum Gasteiger partial charge on any atom is 0.490 e. The van der Waals surface area contributed by atoms with Crippen LogP contribution in [-0.2, 0) is 4.79 Å². The Balaban J connectivity index is 0.000000396. The predicted molar refractivity (Wildman–Crippen MR) is 111 cm³/mol. The third-order valence-electron chi connectivity index (χ3n) is 4.04. The van der Waals surface area contributed by atoms with Crippen molar-refractivity contribution in [2.75, 3.05) is 7.11 Å². The predicted octanol–water partition coefficient (Wildman–Crippen LogP) is 4.94. The van der Waals surface area contributed by atoms with Gasteiger partial charge in [0.1, 0.15) is 11.6 Å². The second-order valence-electron chi connectivity index (χ2n) is 6.08. The minimum atomic E-state index is -5.08. The zero-order valence-electron chi connectivity index (χ0n) is 15.9. The van der Waals surface area contributed by atoms with Crippen molar-refractivity contribution in [2.24, 2.45) is 5.73 Å². The first-order valence-corrected chi connectivity index (χ1v) is 8.62. The number of nitrogens with one attached hydrogen (secondary N) is 1. The second-order valence-corrected chi connectivity index (χ2v) is 6.08. The largest absolute Gasteiger partial charge is 0.496 e. The van der Waals surface area contributed by atoms with E-state index < -0.39 is 12.1 Å². The van der Waals surface area contributed by atoms with Crippen LogP contribution < -0.4 is 10.5 Å². The van der Waals surface area contributed by atoms with Gasteiger partial charge in [0.25, 0.3) is 0 Å². The molecule has 156 valence electrons. The number of ether oxygens (including phenoxy) is 1. The monoisotopic (exact) mass is 416 g/mol. The van der Waals surface area contributed by atoms with Gasteiger partial charge < -0.3 is 15.6 Å². The van der Waals surface area contributed by atoms with Crippen LogP contribution in [0.1, 0.15) is 16.7 Å². The number of benzene rings is 3. The van der Waals surface area contributed by atoms with Gasteiger partial charge in [0.15, 0.2) is 0 Å². The van der Waals surface area contributed by atoms with E-state index in [1.54, 1.807) is 7.11 Å². The molecule has 0 fully saturated rings. The molecule has 5 nitrogen and oxygen atoms in total. The maximum absolute atomic E-state index is 10.6. The van der Waals surface area contributed by atoms with Crippen molar-refractivity contribution in [3.05, 3.63) is 77.4 Å². The highest BCUT2D eigenvalue weighted by atomic mass is 19.4. The molecule has 0 radical (unpaired) electrons. The number of fused-ring (bicyclic) bond motifs is 1. The van der Waals surface area contributed by atoms with Gasteiger partial charge in [0.2, 0.25) is 0 Å². The zero-order valence-corrected chi connectivity index (χ0v) is 15.9. The Morgan fingerprint density at radius 2 is 1.67 bits per heavy atom. The summed E-state index contributed by atoms with van der Waals surface area (Å²) in [5.74, 6) is -1.90. The lowest BCUT2D eigenvalue weighted by Gasteiger charge is -2.10. The number of hydrogen-bond donors (Lipinski definition) is 3. The van der Waals surface area contributed by atoms with Crippen LogP contribution in [0.5, 0.6) is 5.75 Å². The van der Waals surface area contributed by atoms with Crippen molar-refractivity contribution in [1.29, 1.82) is 5.41 Å². The number of amidine groups is 1. The fraction of sp³-hybridized carbons (Fsp3) is 0.0909. The molecule has 0 spiro atoms. The molecule has 0 amide bonds. The Bertz CT molecular complexity index is 1080. The summed E-state index contributed by atoms with van der Waals surface area (Å²) in [4.78, 5) is 8.90. The average molecular weight is 416 g/mol. The standard InChI is InChI=1S/C20H18N2O.C2HF3O2/c1-23-19-12-10-15-8-9-16(20(21)22)13-18(15)17(19)11-7-14-5-3-2-4-6-14;3-2(4,5)1(6)7/h2-13H,1H3,(H3,21,22);(H,6,7)/b11-7+;. The number of methoxy groups -OCH3 is 1. The molecular formula is C22H19F3N2O3. The number of halogens is 3. The Labute approximate surface area is 170 Å². The summed E-state index contributed by atoms with van der Waals surface area (Å²) in [6.07, 6.45) is -0.988. The number of hydrogen-bond acceptors (Lipinski definition) is 3. The molecule has 0 aliphatic rings. The fourth-order valence-electron chi connectivity index (χ4n) is 2.58. The van der Waals surface area contributed by atoms with Crippen LogP contribution in [0, 0.1) is 5.41 Å². The Hall–Kier alpha value is -3.81. The molecule has 30 heavy (non-hydrogen) atoms. The van der Waals surface area contributed by atoms with Crippen molar-refractivity contribution in [1.82, 2.24) is 0 Å². The SMILES string of the molecule is COc1ccc2ccc(C(=N)N)cc2c1/C=C/c1ccccc1.O=C(O)C(F)(F)F. The van der Waals surface area contributed by atoms with E-state index in [1.807, 2.05) is 54.6 Å². The molecule has 0 aromatic heterocycles. The van der Waals surface area contributed by atoms with E-state index >= 15 is 0 Å². The molecule has 0 aliphatic heterocycles. The topological polar surface area (TPSA) is 96.4 Å². The van der Waals surface area contributed by atoms with Crippen molar-refractivity contribution >= 4 is 34.7 Å². The van der Waals surface area contributed by atoms with E-state index in [2.05, 4.69) is 18.2 Å². The minimum Gasteiger partial charge on any atom is -0.496 e. The van der Waals surface area contributed by atoms with Gasteiger partial charge in [-0.3, -0.25) is 5.41 Å².